The molecule has 1 atom stereocenters. The van der Waals surface area contributed by atoms with E-state index < -0.39 is 0 Å². The van der Waals surface area contributed by atoms with E-state index in [4.69, 9.17) is 0 Å². The molecule has 0 bridgehead atoms. The van der Waals surface area contributed by atoms with Gasteiger partial charge in [-0.05, 0) is 37.8 Å². The van der Waals surface area contributed by atoms with Gasteiger partial charge in [0.1, 0.15) is 0 Å². The van der Waals surface area contributed by atoms with E-state index in [-0.39, 0.29) is 0 Å². The van der Waals surface area contributed by atoms with Crippen LogP contribution in [0.2, 0.25) is 0 Å². The van der Waals surface area contributed by atoms with Crippen molar-refractivity contribution in [2.45, 2.75) is 25.8 Å². The zero-order chi connectivity index (χ0) is 15.4. The van der Waals surface area contributed by atoms with Crippen LogP contribution in [0.5, 0.6) is 0 Å². The number of hydrogen-bond donors (Lipinski definition) is 1. The lowest BCUT2D eigenvalue weighted by atomic mass is 9.93. The van der Waals surface area contributed by atoms with E-state index in [9.17, 15) is 0 Å². The van der Waals surface area contributed by atoms with Crippen LogP contribution in [-0.2, 0) is 13.0 Å². The summed E-state index contributed by atoms with van der Waals surface area (Å²) < 4.78 is 0. The number of rotatable bonds is 5. The normalized spacial score (nSPS) is 19.3. The highest BCUT2D eigenvalue weighted by Crippen LogP contribution is 2.21. The molecule has 0 spiro atoms. The zero-order valence-electron chi connectivity index (χ0n) is 13.4. The Labute approximate surface area is 131 Å². The predicted molar refractivity (Wildman–Crippen MR) is 86.7 cm³/mol. The molecule has 1 aliphatic rings. The lowest BCUT2D eigenvalue weighted by Gasteiger charge is -2.32. The standard InChI is InChI=1S/C16H24N6/c1-21(2)16-17-9-14(10-18-16)12-22-7-3-4-13(11-22)8-15-5-6-19-20-15/h5-6,9-10,13H,3-4,7-8,11-12H2,1-2H3,(H,19,20)/t13-/m0/s1. The molecular weight excluding hydrogens is 276 g/mol. The van der Waals surface area contributed by atoms with Crippen LogP contribution in [0.4, 0.5) is 5.95 Å². The van der Waals surface area contributed by atoms with Crippen molar-refractivity contribution in [3.05, 3.63) is 35.9 Å². The Kier molecular flexibility index (Phi) is 4.68. The molecule has 2 aromatic heterocycles. The number of nitrogens with one attached hydrogen (secondary N) is 1. The number of aromatic nitrogens is 4. The zero-order valence-corrected chi connectivity index (χ0v) is 13.4. The first-order valence-electron chi connectivity index (χ1n) is 7.89. The fourth-order valence-electron chi connectivity index (χ4n) is 3.09. The second-order valence-electron chi connectivity index (χ2n) is 6.32. The van der Waals surface area contributed by atoms with Gasteiger partial charge >= 0.3 is 0 Å². The highest BCUT2D eigenvalue weighted by molar-refractivity contribution is 5.26. The molecule has 22 heavy (non-hydrogen) atoms. The minimum Gasteiger partial charge on any atom is -0.347 e. The maximum Gasteiger partial charge on any atom is 0.224 e. The summed E-state index contributed by atoms with van der Waals surface area (Å²) in [4.78, 5) is 13.2. The molecule has 0 aliphatic carbocycles. The number of aromatic amines is 1. The summed E-state index contributed by atoms with van der Waals surface area (Å²) in [6, 6.07) is 2.08. The second-order valence-corrected chi connectivity index (χ2v) is 6.32. The largest absolute Gasteiger partial charge is 0.347 e. The Morgan fingerprint density at radius 3 is 2.82 bits per heavy atom. The number of likely N-dealkylation sites (tertiary alicyclic amines) is 1. The van der Waals surface area contributed by atoms with Crippen LogP contribution in [0.3, 0.4) is 0 Å². The lowest BCUT2D eigenvalue weighted by molar-refractivity contribution is 0.166. The summed E-state index contributed by atoms with van der Waals surface area (Å²) >= 11 is 0. The van der Waals surface area contributed by atoms with Gasteiger partial charge in [0.15, 0.2) is 0 Å². The van der Waals surface area contributed by atoms with Gasteiger partial charge in [-0.25, -0.2) is 9.97 Å². The first-order chi connectivity index (χ1) is 10.7. The van der Waals surface area contributed by atoms with Gasteiger partial charge in [-0.3, -0.25) is 10.00 Å². The van der Waals surface area contributed by atoms with Crippen molar-refractivity contribution in [3.63, 3.8) is 0 Å². The number of H-pyrrole nitrogens is 1. The summed E-state index contributed by atoms with van der Waals surface area (Å²) in [7, 11) is 3.92. The van der Waals surface area contributed by atoms with Crippen molar-refractivity contribution in [1.82, 2.24) is 25.1 Å². The van der Waals surface area contributed by atoms with E-state index in [1.165, 1.54) is 24.1 Å². The van der Waals surface area contributed by atoms with E-state index in [2.05, 4.69) is 31.1 Å². The van der Waals surface area contributed by atoms with Crippen LogP contribution in [0.25, 0.3) is 0 Å². The topological polar surface area (TPSA) is 60.9 Å². The average molecular weight is 300 g/mol. The molecule has 0 radical (unpaired) electrons. The molecule has 118 valence electrons. The molecule has 0 saturated carbocycles. The molecule has 1 aliphatic heterocycles. The molecule has 3 rings (SSSR count). The Balaban J connectivity index is 1.55. The summed E-state index contributed by atoms with van der Waals surface area (Å²) in [6.07, 6.45) is 9.37. The van der Waals surface area contributed by atoms with Gasteiger partial charge in [0.25, 0.3) is 0 Å². The Morgan fingerprint density at radius 1 is 1.32 bits per heavy atom. The summed E-state index contributed by atoms with van der Waals surface area (Å²) in [6.45, 7) is 3.23. The lowest BCUT2D eigenvalue weighted by Crippen LogP contribution is -2.35. The maximum absolute atomic E-state index is 4.40. The van der Waals surface area contributed by atoms with E-state index in [1.807, 2.05) is 37.6 Å². The van der Waals surface area contributed by atoms with Gasteiger partial charge in [0, 0.05) is 57.0 Å². The minimum atomic E-state index is 0.705. The fourth-order valence-corrected chi connectivity index (χ4v) is 3.09. The van der Waals surface area contributed by atoms with Crippen molar-refractivity contribution in [3.8, 4) is 0 Å². The molecule has 0 aromatic carbocycles. The highest BCUT2D eigenvalue weighted by atomic mass is 15.2. The van der Waals surface area contributed by atoms with Crippen LogP contribution in [0.15, 0.2) is 24.7 Å². The fraction of sp³-hybridized carbons (Fsp3) is 0.562. The van der Waals surface area contributed by atoms with Gasteiger partial charge < -0.3 is 4.90 Å². The molecule has 1 saturated heterocycles. The maximum atomic E-state index is 4.40. The molecule has 6 heteroatoms. The highest BCUT2D eigenvalue weighted by Gasteiger charge is 2.20. The smallest absolute Gasteiger partial charge is 0.224 e. The molecule has 1 N–H and O–H groups in total. The second kappa shape index (κ2) is 6.87. The average Bonchev–Trinajstić information content (AvgIpc) is 3.01. The van der Waals surface area contributed by atoms with Crippen molar-refractivity contribution < 1.29 is 0 Å². The number of piperidine rings is 1. The third-order valence-corrected chi connectivity index (χ3v) is 4.17. The van der Waals surface area contributed by atoms with E-state index in [0.717, 1.165) is 32.0 Å². The number of nitrogens with zero attached hydrogens (tertiary/aromatic N) is 5. The van der Waals surface area contributed by atoms with Gasteiger partial charge in [-0.2, -0.15) is 5.10 Å². The first kappa shape index (κ1) is 15.0. The third-order valence-electron chi connectivity index (χ3n) is 4.17. The quantitative estimate of drug-likeness (QED) is 0.911. The Morgan fingerprint density at radius 2 is 2.14 bits per heavy atom. The van der Waals surface area contributed by atoms with Gasteiger partial charge in [-0.1, -0.05) is 0 Å². The first-order valence-corrected chi connectivity index (χ1v) is 7.89. The summed E-state index contributed by atoms with van der Waals surface area (Å²) in [5, 5.41) is 7.11. The predicted octanol–water partition coefficient (Wildman–Crippen LogP) is 1.72. The summed E-state index contributed by atoms with van der Waals surface area (Å²) in [5.41, 5.74) is 2.43. The molecule has 0 amide bonds. The van der Waals surface area contributed by atoms with Crippen molar-refractivity contribution in [2.24, 2.45) is 5.92 Å². The monoisotopic (exact) mass is 300 g/mol. The van der Waals surface area contributed by atoms with Gasteiger partial charge in [0.05, 0.1) is 0 Å². The third kappa shape index (κ3) is 3.82. The van der Waals surface area contributed by atoms with Crippen molar-refractivity contribution >= 4 is 5.95 Å². The molecular formula is C16H24N6. The van der Waals surface area contributed by atoms with Crippen LogP contribution >= 0.6 is 0 Å². The minimum absolute atomic E-state index is 0.705. The summed E-state index contributed by atoms with van der Waals surface area (Å²) in [5.74, 6) is 1.47. The van der Waals surface area contributed by atoms with Crippen molar-refractivity contribution in [1.29, 1.82) is 0 Å². The Hall–Kier alpha value is -1.95. The molecule has 6 nitrogen and oxygen atoms in total. The molecule has 2 aromatic rings. The molecule has 3 heterocycles. The van der Waals surface area contributed by atoms with Gasteiger partial charge in [0.2, 0.25) is 5.95 Å². The van der Waals surface area contributed by atoms with E-state index in [0.29, 0.717) is 5.92 Å². The SMILES string of the molecule is CN(C)c1ncc(CN2CCC[C@@H](Cc3ccn[nH]3)C2)cn1. The van der Waals surface area contributed by atoms with Crippen LogP contribution in [-0.4, -0.2) is 52.3 Å². The number of hydrogen-bond acceptors (Lipinski definition) is 5. The molecule has 1 fully saturated rings. The Bertz CT molecular complexity index is 563. The number of anilines is 1. The van der Waals surface area contributed by atoms with Crippen molar-refractivity contribution in [2.75, 3.05) is 32.1 Å². The van der Waals surface area contributed by atoms with E-state index >= 15 is 0 Å². The van der Waals surface area contributed by atoms with Crippen LogP contribution in [0.1, 0.15) is 24.1 Å². The molecule has 0 unspecified atom stereocenters. The van der Waals surface area contributed by atoms with E-state index in [1.54, 1.807) is 0 Å². The van der Waals surface area contributed by atoms with Crippen LogP contribution < -0.4 is 4.90 Å². The van der Waals surface area contributed by atoms with Gasteiger partial charge in [-0.15, -0.1) is 0 Å². The van der Waals surface area contributed by atoms with Crippen LogP contribution in [0, 0.1) is 5.92 Å².